The molecule has 1 aromatic rings. The molecule has 1 heterocycles. The Morgan fingerprint density at radius 2 is 2.12 bits per heavy atom. The van der Waals surface area contributed by atoms with Crippen LogP contribution in [0.3, 0.4) is 0 Å². The quantitative estimate of drug-likeness (QED) is 0.830. The Balaban J connectivity index is 2.90. The van der Waals surface area contributed by atoms with E-state index in [0.29, 0.717) is 0 Å². The molecule has 0 amide bonds. The average molecular weight is 226 g/mol. The molecular weight excluding hydrogens is 207 g/mol. The van der Waals surface area contributed by atoms with E-state index >= 15 is 0 Å². The maximum Gasteiger partial charge on any atom is 0.222 e. The van der Waals surface area contributed by atoms with Gasteiger partial charge in [-0.1, -0.05) is 27.7 Å². The minimum absolute atomic E-state index is 0.0287. The van der Waals surface area contributed by atoms with Crippen LogP contribution in [-0.4, -0.2) is 16.0 Å². The van der Waals surface area contributed by atoms with E-state index in [1.54, 1.807) is 0 Å². The Kier molecular flexibility index (Phi) is 3.67. The number of nitrogens with zero attached hydrogens (tertiary/aromatic N) is 2. The fraction of sp³-hybridized carbons (Fsp3) is 0.636. The van der Waals surface area contributed by atoms with Crippen molar-refractivity contribution in [2.75, 3.05) is 11.1 Å². The van der Waals surface area contributed by atoms with Crippen molar-refractivity contribution in [3.63, 3.8) is 0 Å². The molecule has 90 valence electrons. The second kappa shape index (κ2) is 4.63. The molecule has 1 unspecified atom stereocenters. The van der Waals surface area contributed by atoms with E-state index in [4.69, 9.17) is 5.73 Å². The Bertz CT molecular complexity index is 359. The predicted octanol–water partition coefficient (Wildman–Crippen LogP) is 2.43. The molecule has 3 N–H and O–H groups in total. The SMILES string of the molecule is CCC(Nc1nc(N)ncc1F)C(C)(C)C. The van der Waals surface area contributed by atoms with Gasteiger partial charge in [0.15, 0.2) is 11.6 Å². The van der Waals surface area contributed by atoms with E-state index in [0.717, 1.165) is 12.6 Å². The molecule has 0 spiro atoms. The minimum atomic E-state index is -0.475. The third-order valence-corrected chi connectivity index (χ3v) is 2.53. The van der Waals surface area contributed by atoms with Crippen molar-refractivity contribution >= 4 is 11.8 Å². The summed E-state index contributed by atoms with van der Waals surface area (Å²) in [4.78, 5) is 7.44. The maximum absolute atomic E-state index is 13.4. The average Bonchev–Trinajstić information content (AvgIpc) is 2.17. The summed E-state index contributed by atoms with van der Waals surface area (Å²) in [6.45, 7) is 8.33. The fourth-order valence-corrected chi connectivity index (χ4v) is 1.58. The lowest BCUT2D eigenvalue weighted by Crippen LogP contribution is -2.34. The topological polar surface area (TPSA) is 63.8 Å². The first-order chi connectivity index (χ1) is 7.34. The highest BCUT2D eigenvalue weighted by molar-refractivity contribution is 5.40. The highest BCUT2D eigenvalue weighted by Gasteiger charge is 2.24. The van der Waals surface area contributed by atoms with Gasteiger partial charge in [-0.05, 0) is 11.8 Å². The molecule has 0 saturated heterocycles. The van der Waals surface area contributed by atoms with Crippen LogP contribution in [0.15, 0.2) is 6.20 Å². The van der Waals surface area contributed by atoms with Crippen LogP contribution in [0.1, 0.15) is 34.1 Å². The zero-order valence-electron chi connectivity index (χ0n) is 10.2. The molecule has 0 aliphatic carbocycles. The monoisotopic (exact) mass is 226 g/mol. The number of hydrogen-bond acceptors (Lipinski definition) is 4. The van der Waals surface area contributed by atoms with Crippen LogP contribution in [0.25, 0.3) is 0 Å². The summed E-state index contributed by atoms with van der Waals surface area (Å²) in [6.07, 6.45) is 1.97. The first-order valence-electron chi connectivity index (χ1n) is 5.39. The number of rotatable bonds is 3. The Labute approximate surface area is 95.5 Å². The van der Waals surface area contributed by atoms with Crippen LogP contribution in [0.2, 0.25) is 0 Å². The van der Waals surface area contributed by atoms with Gasteiger partial charge >= 0.3 is 0 Å². The molecule has 1 rings (SSSR count). The normalized spacial score (nSPS) is 13.6. The lowest BCUT2D eigenvalue weighted by molar-refractivity contribution is 0.332. The summed E-state index contributed by atoms with van der Waals surface area (Å²) in [5.74, 6) is -0.223. The molecule has 0 aliphatic heterocycles. The van der Waals surface area contributed by atoms with E-state index in [1.165, 1.54) is 0 Å². The molecule has 16 heavy (non-hydrogen) atoms. The van der Waals surface area contributed by atoms with Gasteiger partial charge in [-0.25, -0.2) is 9.37 Å². The molecule has 0 fully saturated rings. The third kappa shape index (κ3) is 3.05. The van der Waals surface area contributed by atoms with E-state index < -0.39 is 5.82 Å². The summed E-state index contributed by atoms with van der Waals surface area (Å²) >= 11 is 0. The van der Waals surface area contributed by atoms with Crippen molar-refractivity contribution in [3.05, 3.63) is 12.0 Å². The van der Waals surface area contributed by atoms with Crippen molar-refractivity contribution in [1.29, 1.82) is 0 Å². The predicted molar refractivity (Wildman–Crippen MR) is 63.6 cm³/mol. The summed E-state index contributed by atoms with van der Waals surface area (Å²) in [5.41, 5.74) is 5.45. The molecule has 0 radical (unpaired) electrons. The van der Waals surface area contributed by atoms with Crippen LogP contribution in [-0.2, 0) is 0 Å². The van der Waals surface area contributed by atoms with Gasteiger partial charge in [0, 0.05) is 6.04 Å². The number of nitrogens with two attached hydrogens (primary N) is 1. The van der Waals surface area contributed by atoms with Crippen molar-refractivity contribution in [1.82, 2.24) is 9.97 Å². The lowest BCUT2D eigenvalue weighted by atomic mass is 9.85. The van der Waals surface area contributed by atoms with Gasteiger partial charge in [0.05, 0.1) is 6.20 Å². The number of nitrogens with one attached hydrogen (secondary N) is 1. The Morgan fingerprint density at radius 1 is 1.50 bits per heavy atom. The van der Waals surface area contributed by atoms with Gasteiger partial charge in [-0.15, -0.1) is 0 Å². The number of aromatic nitrogens is 2. The standard InChI is InChI=1S/C11H19FN4/c1-5-8(11(2,3)4)15-9-7(12)6-14-10(13)16-9/h6,8H,5H2,1-4H3,(H3,13,14,15,16). The first kappa shape index (κ1) is 12.7. The van der Waals surface area contributed by atoms with Crippen LogP contribution >= 0.6 is 0 Å². The Hall–Kier alpha value is -1.39. The van der Waals surface area contributed by atoms with E-state index in [9.17, 15) is 4.39 Å². The number of anilines is 2. The molecular formula is C11H19FN4. The lowest BCUT2D eigenvalue weighted by Gasteiger charge is -2.31. The van der Waals surface area contributed by atoms with Crippen molar-refractivity contribution in [3.8, 4) is 0 Å². The second-order valence-electron chi connectivity index (χ2n) is 4.90. The van der Waals surface area contributed by atoms with Crippen LogP contribution in [0.5, 0.6) is 0 Å². The molecule has 1 atom stereocenters. The van der Waals surface area contributed by atoms with Gasteiger partial charge in [-0.3, -0.25) is 0 Å². The zero-order valence-corrected chi connectivity index (χ0v) is 10.2. The molecule has 0 saturated carbocycles. The number of hydrogen-bond donors (Lipinski definition) is 2. The van der Waals surface area contributed by atoms with E-state index in [1.807, 2.05) is 6.92 Å². The molecule has 5 heteroatoms. The van der Waals surface area contributed by atoms with Crippen LogP contribution < -0.4 is 11.1 Å². The smallest absolute Gasteiger partial charge is 0.222 e. The zero-order chi connectivity index (χ0) is 12.3. The van der Waals surface area contributed by atoms with Crippen molar-refractivity contribution in [2.24, 2.45) is 5.41 Å². The summed E-state index contributed by atoms with van der Waals surface area (Å²) < 4.78 is 13.4. The first-order valence-corrected chi connectivity index (χ1v) is 5.39. The Morgan fingerprint density at radius 3 is 2.62 bits per heavy atom. The van der Waals surface area contributed by atoms with Gasteiger partial charge in [-0.2, -0.15) is 4.98 Å². The number of halogens is 1. The van der Waals surface area contributed by atoms with Gasteiger partial charge in [0.1, 0.15) is 0 Å². The van der Waals surface area contributed by atoms with Gasteiger partial charge in [0.25, 0.3) is 0 Å². The van der Waals surface area contributed by atoms with E-state index in [-0.39, 0.29) is 23.2 Å². The fourth-order valence-electron chi connectivity index (χ4n) is 1.58. The summed E-state index contributed by atoms with van der Waals surface area (Å²) in [5, 5.41) is 3.07. The summed E-state index contributed by atoms with van der Waals surface area (Å²) in [6, 6.07) is 0.135. The van der Waals surface area contributed by atoms with Gasteiger partial charge in [0.2, 0.25) is 5.95 Å². The summed E-state index contributed by atoms with van der Waals surface area (Å²) in [7, 11) is 0. The van der Waals surface area contributed by atoms with Gasteiger partial charge < -0.3 is 11.1 Å². The third-order valence-electron chi connectivity index (χ3n) is 2.53. The number of nitrogen functional groups attached to an aromatic ring is 1. The molecule has 0 aromatic carbocycles. The maximum atomic E-state index is 13.4. The molecule has 1 aromatic heterocycles. The van der Waals surface area contributed by atoms with Crippen molar-refractivity contribution in [2.45, 2.75) is 40.2 Å². The minimum Gasteiger partial charge on any atom is -0.368 e. The second-order valence-corrected chi connectivity index (χ2v) is 4.90. The van der Waals surface area contributed by atoms with E-state index in [2.05, 4.69) is 36.1 Å². The largest absolute Gasteiger partial charge is 0.368 e. The highest BCUT2D eigenvalue weighted by atomic mass is 19.1. The molecule has 4 nitrogen and oxygen atoms in total. The molecule has 0 bridgehead atoms. The van der Waals surface area contributed by atoms with Crippen LogP contribution in [0.4, 0.5) is 16.2 Å². The van der Waals surface area contributed by atoms with Crippen molar-refractivity contribution < 1.29 is 4.39 Å². The molecule has 0 aliphatic rings. The highest BCUT2D eigenvalue weighted by Crippen LogP contribution is 2.25. The van der Waals surface area contributed by atoms with Crippen LogP contribution in [0, 0.1) is 11.2 Å².